The highest BCUT2D eigenvalue weighted by atomic mass is 32.1. The molecule has 1 aliphatic rings. The molecule has 1 amide bonds. The van der Waals surface area contributed by atoms with E-state index in [1.165, 1.54) is 5.56 Å². The third-order valence-corrected chi connectivity index (χ3v) is 7.32. The van der Waals surface area contributed by atoms with Crippen molar-refractivity contribution in [1.29, 1.82) is 0 Å². The van der Waals surface area contributed by atoms with Crippen molar-refractivity contribution in [3.63, 3.8) is 0 Å². The molecule has 3 heterocycles. The van der Waals surface area contributed by atoms with Gasteiger partial charge < -0.3 is 9.80 Å². The molecule has 1 aliphatic heterocycles. The van der Waals surface area contributed by atoms with Crippen LogP contribution < -0.4 is 0 Å². The molecule has 0 saturated carbocycles. The topological polar surface area (TPSA) is 49.3 Å². The molecule has 2 aromatic heterocycles. The Morgan fingerprint density at radius 1 is 1.12 bits per heavy atom. The SMILES string of the molecule is Cc1ccc(-c2nc(C)sc2CC(=O)N(C)C2CCN(CCc3ccccn3)CC2)cc1. The number of thiazole rings is 1. The molecular weight excluding hydrogens is 416 g/mol. The first kappa shape index (κ1) is 22.6. The van der Waals surface area contributed by atoms with Crippen LogP contribution in [0.4, 0.5) is 0 Å². The minimum Gasteiger partial charge on any atom is -0.342 e. The number of hydrogen-bond donors (Lipinski definition) is 0. The lowest BCUT2D eigenvalue weighted by atomic mass is 10.0. The van der Waals surface area contributed by atoms with Crippen molar-refractivity contribution in [3.8, 4) is 11.3 Å². The summed E-state index contributed by atoms with van der Waals surface area (Å²) in [7, 11) is 1.97. The van der Waals surface area contributed by atoms with E-state index < -0.39 is 0 Å². The maximum absolute atomic E-state index is 13.1. The van der Waals surface area contributed by atoms with Crippen LogP contribution in [-0.2, 0) is 17.6 Å². The van der Waals surface area contributed by atoms with E-state index in [0.29, 0.717) is 12.5 Å². The van der Waals surface area contributed by atoms with Crippen molar-refractivity contribution in [2.24, 2.45) is 0 Å². The molecule has 0 bridgehead atoms. The second-order valence-electron chi connectivity index (χ2n) is 8.70. The number of amides is 1. The molecule has 0 radical (unpaired) electrons. The third kappa shape index (κ3) is 5.61. The number of nitrogens with zero attached hydrogens (tertiary/aromatic N) is 4. The molecule has 0 spiro atoms. The van der Waals surface area contributed by atoms with Crippen LogP contribution in [0.3, 0.4) is 0 Å². The zero-order chi connectivity index (χ0) is 22.5. The summed E-state index contributed by atoms with van der Waals surface area (Å²) in [4.78, 5) is 27.8. The van der Waals surface area contributed by atoms with Gasteiger partial charge in [-0.15, -0.1) is 11.3 Å². The molecule has 0 atom stereocenters. The van der Waals surface area contributed by atoms with Crippen LogP contribution in [0.15, 0.2) is 48.7 Å². The summed E-state index contributed by atoms with van der Waals surface area (Å²) in [6.45, 7) is 7.19. The summed E-state index contributed by atoms with van der Waals surface area (Å²) in [5.74, 6) is 0.189. The largest absolute Gasteiger partial charge is 0.342 e. The minimum absolute atomic E-state index is 0.189. The molecule has 1 fully saturated rings. The first-order valence-corrected chi connectivity index (χ1v) is 12.2. The van der Waals surface area contributed by atoms with E-state index in [2.05, 4.69) is 47.1 Å². The molecule has 5 nitrogen and oxygen atoms in total. The van der Waals surface area contributed by atoms with Gasteiger partial charge in [-0.05, 0) is 38.8 Å². The fourth-order valence-electron chi connectivity index (χ4n) is 4.34. The molecule has 3 aromatic rings. The summed E-state index contributed by atoms with van der Waals surface area (Å²) < 4.78 is 0. The number of pyridine rings is 1. The molecule has 0 aliphatic carbocycles. The van der Waals surface area contributed by atoms with E-state index in [0.717, 1.165) is 65.7 Å². The van der Waals surface area contributed by atoms with Gasteiger partial charge in [-0.2, -0.15) is 0 Å². The van der Waals surface area contributed by atoms with Crippen LogP contribution in [0.5, 0.6) is 0 Å². The zero-order valence-electron chi connectivity index (χ0n) is 19.3. The summed E-state index contributed by atoms with van der Waals surface area (Å²) in [6, 6.07) is 14.8. The minimum atomic E-state index is 0.189. The number of carbonyl (C=O) groups excluding carboxylic acids is 1. The van der Waals surface area contributed by atoms with E-state index in [-0.39, 0.29) is 5.91 Å². The zero-order valence-corrected chi connectivity index (χ0v) is 20.1. The van der Waals surface area contributed by atoms with E-state index >= 15 is 0 Å². The predicted octanol–water partition coefficient (Wildman–Crippen LogP) is 4.53. The van der Waals surface area contributed by atoms with Crippen LogP contribution in [0.2, 0.25) is 0 Å². The highest BCUT2D eigenvalue weighted by Crippen LogP contribution is 2.29. The van der Waals surface area contributed by atoms with Gasteiger partial charge in [0.15, 0.2) is 0 Å². The van der Waals surface area contributed by atoms with Gasteiger partial charge in [-0.25, -0.2) is 4.98 Å². The molecule has 1 aromatic carbocycles. The number of benzene rings is 1. The average Bonchev–Trinajstić information content (AvgIpc) is 3.18. The van der Waals surface area contributed by atoms with Crippen molar-refractivity contribution in [1.82, 2.24) is 19.8 Å². The Hall–Kier alpha value is -2.57. The summed E-state index contributed by atoms with van der Waals surface area (Å²) in [6.07, 6.45) is 5.31. The smallest absolute Gasteiger partial charge is 0.227 e. The van der Waals surface area contributed by atoms with Crippen LogP contribution in [0.1, 0.15) is 34.0 Å². The Labute approximate surface area is 195 Å². The number of rotatable bonds is 7. The molecule has 1 saturated heterocycles. The average molecular weight is 449 g/mol. The van der Waals surface area contributed by atoms with Crippen molar-refractivity contribution >= 4 is 17.2 Å². The highest BCUT2D eigenvalue weighted by Gasteiger charge is 2.26. The Morgan fingerprint density at radius 3 is 2.56 bits per heavy atom. The van der Waals surface area contributed by atoms with Gasteiger partial charge in [0.2, 0.25) is 5.91 Å². The number of carbonyl (C=O) groups is 1. The second-order valence-corrected chi connectivity index (χ2v) is 9.98. The lowest BCUT2D eigenvalue weighted by molar-refractivity contribution is -0.132. The molecule has 32 heavy (non-hydrogen) atoms. The summed E-state index contributed by atoms with van der Waals surface area (Å²) in [5.41, 5.74) is 4.42. The van der Waals surface area contributed by atoms with E-state index in [4.69, 9.17) is 4.98 Å². The van der Waals surface area contributed by atoms with Crippen molar-refractivity contribution < 1.29 is 4.79 Å². The molecular formula is C26H32N4OS. The van der Waals surface area contributed by atoms with Crippen LogP contribution in [0, 0.1) is 13.8 Å². The van der Waals surface area contributed by atoms with Crippen molar-refractivity contribution in [2.75, 3.05) is 26.7 Å². The Morgan fingerprint density at radius 2 is 1.88 bits per heavy atom. The van der Waals surface area contributed by atoms with Gasteiger partial charge in [0.05, 0.1) is 17.1 Å². The van der Waals surface area contributed by atoms with E-state index in [9.17, 15) is 4.79 Å². The lowest BCUT2D eigenvalue weighted by Gasteiger charge is -2.36. The summed E-state index contributed by atoms with van der Waals surface area (Å²) >= 11 is 1.64. The lowest BCUT2D eigenvalue weighted by Crippen LogP contribution is -2.46. The fraction of sp³-hybridized carbons (Fsp3) is 0.423. The number of aromatic nitrogens is 2. The van der Waals surface area contributed by atoms with Gasteiger partial charge in [-0.1, -0.05) is 35.9 Å². The maximum atomic E-state index is 13.1. The highest BCUT2D eigenvalue weighted by molar-refractivity contribution is 7.12. The number of likely N-dealkylation sites (tertiary alicyclic amines) is 1. The van der Waals surface area contributed by atoms with Crippen LogP contribution in [0.25, 0.3) is 11.3 Å². The number of hydrogen-bond acceptors (Lipinski definition) is 5. The second kappa shape index (κ2) is 10.4. The van der Waals surface area contributed by atoms with Crippen LogP contribution in [-0.4, -0.2) is 58.4 Å². The van der Waals surface area contributed by atoms with Crippen molar-refractivity contribution in [3.05, 3.63) is 69.8 Å². The summed E-state index contributed by atoms with van der Waals surface area (Å²) in [5, 5.41) is 1.01. The van der Waals surface area contributed by atoms with Gasteiger partial charge >= 0.3 is 0 Å². The molecule has 6 heteroatoms. The first-order valence-electron chi connectivity index (χ1n) is 11.4. The standard InChI is InChI=1S/C26H32N4OS/c1-19-7-9-21(10-8-19)26-24(32-20(2)28-26)18-25(31)29(3)23-12-16-30(17-13-23)15-11-22-6-4-5-14-27-22/h4-10,14,23H,11-13,15-18H2,1-3H3. The van der Waals surface area contributed by atoms with Crippen molar-refractivity contribution in [2.45, 2.75) is 45.6 Å². The van der Waals surface area contributed by atoms with Gasteiger partial charge in [0.1, 0.15) is 0 Å². The molecule has 168 valence electrons. The fourth-order valence-corrected chi connectivity index (χ4v) is 5.29. The van der Waals surface area contributed by atoms with E-state index in [1.807, 2.05) is 37.2 Å². The van der Waals surface area contributed by atoms with E-state index in [1.54, 1.807) is 11.3 Å². The quantitative estimate of drug-likeness (QED) is 0.533. The Balaban J connectivity index is 1.32. The van der Waals surface area contributed by atoms with Gasteiger partial charge in [0, 0.05) is 61.5 Å². The third-order valence-electron chi connectivity index (χ3n) is 6.35. The molecule has 0 N–H and O–H groups in total. The van der Waals surface area contributed by atoms with Crippen LogP contribution >= 0.6 is 11.3 Å². The van der Waals surface area contributed by atoms with Gasteiger partial charge in [0.25, 0.3) is 0 Å². The predicted molar refractivity (Wildman–Crippen MR) is 131 cm³/mol. The maximum Gasteiger partial charge on any atom is 0.227 e. The number of likely N-dealkylation sites (N-methyl/N-ethyl adjacent to an activating group) is 1. The van der Waals surface area contributed by atoms with Gasteiger partial charge in [-0.3, -0.25) is 9.78 Å². The Kier molecular flexibility index (Phi) is 7.33. The number of piperidine rings is 1. The Bertz CT molecular complexity index is 1020. The monoisotopic (exact) mass is 448 g/mol. The number of aryl methyl sites for hydroxylation is 2. The first-order chi connectivity index (χ1) is 15.5. The molecule has 4 rings (SSSR count). The molecule has 0 unspecified atom stereocenters. The normalized spacial score (nSPS) is 15.1.